The Hall–Kier alpha value is -0.650. The van der Waals surface area contributed by atoms with Crippen LogP contribution in [0, 0.1) is 5.92 Å². The zero-order chi connectivity index (χ0) is 13.0. The highest BCUT2D eigenvalue weighted by Gasteiger charge is 2.34. The number of carbonyl (C=O) groups is 1. The van der Waals surface area contributed by atoms with E-state index in [2.05, 4.69) is 9.80 Å². The maximum absolute atomic E-state index is 10.9. The summed E-state index contributed by atoms with van der Waals surface area (Å²) in [6.45, 7) is 5.85. The van der Waals surface area contributed by atoms with Crippen molar-refractivity contribution < 1.29 is 14.6 Å². The van der Waals surface area contributed by atoms with Crippen LogP contribution in [0.2, 0.25) is 0 Å². The molecule has 2 heterocycles. The fraction of sp³-hybridized carbons (Fsp3) is 0.923. The van der Waals surface area contributed by atoms with Crippen LogP contribution in [-0.2, 0) is 9.53 Å². The largest absolute Gasteiger partial charge is 0.481 e. The molecule has 0 aromatic rings. The van der Waals surface area contributed by atoms with Crippen LogP contribution >= 0.6 is 0 Å². The third-order valence-corrected chi connectivity index (χ3v) is 4.16. The highest BCUT2D eigenvalue weighted by molar-refractivity contribution is 5.70. The van der Waals surface area contributed by atoms with E-state index < -0.39 is 5.97 Å². The molecule has 18 heavy (non-hydrogen) atoms. The predicted molar refractivity (Wildman–Crippen MR) is 68.7 cm³/mol. The summed E-state index contributed by atoms with van der Waals surface area (Å²) in [5, 5.41) is 9.02. The molecule has 2 fully saturated rings. The fourth-order valence-electron chi connectivity index (χ4n) is 3.07. The molecule has 2 aliphatic heterocycles. The van der Waals surface area contributed by atoms with Crippen LogP contribution in [0.25, 0.3) is 0 Å². The zero-order valence-corrected chi connectivity index (χ0v) is 11.2. The van der Waals surface area contributed by atoms with E-state index in [9.17, 15) is 4.79 Å². The van der Waals surface area contributed by atoms with Gasteiger partial charge in [0.1, 0.15) is 0 Å². The Morgan fingerprint density at radius 2 is 2.17 bits per heavy atom. The minimum Gasteiger partial charge on any atom is -0.481 e. The van der Waals surface area contributed by atoms with E-state index in [4.69, 9.17) is 9.84 Å². The van der Waals surface area contributed by atoms with Gasteiger partial charge in [0.15, 0.2) is 0 Å². The Morgan fingerprint density at radius 3 is 2.83 bits per heavy atom. The standard InChI is InChI=1S/C13H24N2O3/c1-18-8-2-5-14-6-4-12(10-14)15-7-3-11(9-15)13(16)17/h11-12H,2-10H2,1H3,(H,16,17). The first kappa shape index (κ1) is 13.8. The molecule has 0 bridgehead atoms. The number of carboxylic acid groups (broad SMARTS) is 1. The molecule has 1 N–H and O–H groups in total. The van der Waals surface area contributed by atoms with Gasteiger partial charge in [-0.15, -0.1) is 0 Å². The Balaban J connectivity index is 1.71. The monoisotopic (exact) mass is 256 g/mol. The molecule has 0 aromatic heterocycles. The van der Waals surface area contributed by atoms with Gasteiger partial charge in [0, 0.05) is 39.4 Å². The summed E-state index contributed by atoms with van der Waals surface area (Å²) in [6, 6.07) is 0.567. The quantitative estimate of drug-likeness (QED) is 0.702. The molecule has 0 amide bonds. The second kappa shape index (κ2) is 6.50. The Morgan fingerprint density at radius 1 is 1.33 bits per heavy atom. The lowest BCUT2D eigenvalue weighted by Crippen LogP contribution is -2.36. The van der Waals surface area contributed by atoms with Gasteiger partial charge in [0.05, 0.1) is 5.92 Å². The van der Waals surface area contributed by atoms with Crippen molar-refractivity contribution in [2.45, 2.75) is 25.3 Å². The summed E-state index contributed by atoms with van der Waals surface area (Å²) in [5.41, 5.74) is 0. The Labute approximate surface area is 109 Å². The number of hydrogen-bond acceptors (Lipinski definition) is 4. The first-order valence-electron chi connectivity index (χ1n) is 6.89. The summed E-state index contributed by atoms with van der Waals surface area (Å²) in [7, 11) is 1.74. The first-order chi connectivity index (χ1) is 8.70. The molecule has 0 aromatic carbocycles. The number of rotatable bonds is 6. The number of carboxylic acids is 1. The maximum Gasteiger partial charge on any atom is 0.307 e. The average molecular weight is 256 g/mol. The zero-order valence-electron chi connectivity index (χ0n) is 11.2. The van der Waals surface area contributed by atoms with Gasteiger partial charge >= 0.3 is 5.97 Å². The third-order valence-electron chi connectivity index (χ3n) is 4.16. The van der Waals surface area contributed by atoms with Crippen molar-refractivity contribution in [2.75, 3.05) is 46.4 Å². The molecule has 2 saturated heterocycles. The lowest BCUT2D eigenvalue weighted by Gasteiger charge is -2.24. The lowest BCUT2D eigenvalue weighted by molar-refractivity contribution is -0.141. The topological polar surface area (TPSA) is 53.0 Å². The van der Waals surface area contributed by atoms with Crippen LogP contribution in [-0.4, -0.2) is 73.4 Å². The van der Waals surface area contributed by atoms with E-state index in [0.717, 1.165) is 52.2 Å². The third kappa shape index (κ3) is 3.43. The maximum atomic E-state index is 10.9. The molecule has 2 atom stereocenters. The van der Waals surface area contributed by atoms with Gasteiger partial charge in [-0.1, -0.05) is 0 Å². The highest BCUT2D eigenvalue weighted by Crippen LogP contribution is 2.24. The number of aliphatic carboxylic acids is 1. The molecule has 5 nitrogen and oxygen atoms in total. The van der Waals surface area contributed by atoms with Crippen molar-refractivity contribution in [2.24, 2.45) is 5.92 Å². The van der Waals surface area contributed by atoms with E-state index in [1.165, 1.54) is 6.42 Å². The van der Waals surface area contributed by atoms with Gasteiger partial charge in [-0.25, -0.2) is 0 Å². The molecular weight excluding hydrogens is 232 g/mol. The minimum absolute atomic E-state index is 0.146. The number of ether oxygens (including phenoxy) is 1. The van der Waals surface area contributed by atoms with Gasteiger partial charge < -0.3 is 14.7 Å². The molecular formula is C13H24N2O3. The number of methoxy groups -OCH3 is 1. The average Bonchev–Trinajstić information content (AvgIpc) is 2.97. The molecule has 2 rings (SSSR count). The van der Waals surface area contributed by atoms with Gasteiger partial charge in [-0.05, 0) is 32.4 Å². The SMILES string of the molecule is COCCCN1CCC(N2CCC(C(=O)O)C2)C1. The smallest absolute Gasteiger partial charge is 0.307 e. The van der Waals surface area contributed by atoms with Gasteiger partial charge in [-0.2, -0.15) is 0 Å². The van der Waals surface area contributed by atoms with Crippen molar-refractivity contribution in [3.63, 3.8) is 0 Å². The van der Waals surface area contributed by atoms with Crippen LogP contribution < -0.4 is 0 Å². The fourth-order valence-corrected chi connectivity index (χ4v) is 3.07. The van der Waals surface area contributed by atoms with Crippen molar-refractivity contribution in [1.82, 2.24) is 9.80 Å². The Kier molecular flexibility index (Phi) is 4.97. The van der Waals surface area contributed by atoms with Gasteiger partial charge in [0.25, 0.3) is 0 Å². The number of likely N-dealkylation sites (tertiary alicyclic amines) is 2. The minimum atomic E-state index is -0.632. The van der Waals surface area contributed by atoms with Crippen molar-refractivity contribution in [3.05, 3.63) is 0 Å². The molecule has 0 aliphatic carbocycles. The van der Waals surface area contributed by atoms with E-state index in [0.29, 0.717) is 6.04 Å². The van der Waals surface area contributed by atoms with E-state index in [1.54, 1.807) is 7.11 Å². The summed E-state index contributed by atoms with van der Waals surface area (Å²) < 4.78 is 5.07. The van der Waals surface area contributed by atoms with Crippen LogP contribution in [0.4, 0.5) is 0 Å². The highest BCUT2D eigenvalue weighted by atomic mass is 16.5. The van der Waals surface area contributed by atoms with Crippen LogP contribution in [0.1, 0.15) is 19.3 Å². The van der Waals surface area contributed by atoms with E-state index in [1.807, 2.05) is 0 Å². The second-order valence-electron chi connectivity index (χ2n) is 5.41. The van der Waals surface area contributed by atoms with Crippen LogP contribution in [0.15, 0.2) is 0 Å². The van der Waals surface area contributed by atoms with Crippen molar-refractivity contribution in [1.29, 1.82) is 0 Å². The second-order valence-corrected chi connectivity index (χ2v) is 5.41. The Bertz CT molecular complexity index is 285. The molecule has 2 aliphatic rings. The molecule has 0 radical (unpaired) electrons. The summed E-state index contributed by atoms with van der Waals surface area (Å²) in [6.07, 6.45) is 3.08. The van der Waals surface area contributed by atoms with Crippen molar-refractivity contribution in [3.8, 4) is 0 Å². The van der Waals surface area contributed by atoms with Crippen LogP contribution in [0.3, 0.4) is 0 Å². The normalized spacial score (nSPS) is 30.1. The van der Waals surface area contributed by atoms with Crippen LogP contribution in [0.5, 0.6) is 0 Å². The molecule has 0 spiro atoms. The predicted octanol–water partition coefficient (Wildman–Crippen LogP) is 0.504. The summed E-state index contributed by atoms with van der Waals surface area (Å²) >= 11 is 0. The first-order valence-corrected chi connectivity index (χ1v) is 6.89. The summed E-state index contributed by atoms with van der Waals surface area (Å²) in [4.78, 5) is 15.8. The van der Waals surface area contributed by atoms with Gasteiger partial charge in [0.2, 0.25) is 0 Å². The number of nitrogens with zero attached hydrogens (tertiary/aromatic N) is 2. The molecule has 2 unspecified atom stereocenters. The van der Waals surface area contributed by atoms with E-state index >= 15 is 0 Å². The summed E-state index contributed by atoms with van der Waals surface area (Å²) in [5.74, 6) is -0.778. The van der Waals surface area contributed by atoms with Crippen molar-refractivity contribution >= 4 is 5.97 Å². The number of hydrogen-bond donors (Lipinski definition) is 1. The van der Waals surface area contributed by atoms with E-state index in [-0.39, 0.29) is 5.92 Å². The molecule has 5 heteroatoms. The molecule has 104 valence electrons. The molecule has 0 saturated carbocycles. The lowest BCUT2D eigenvalue weighted by atomic mass is 10.1. The van der Waals surface area contributed by atoms with Gasteiger partial charge in [-0.3, -0.25) is 9.69 Å².